The van der Waals surface area contributed by atoms with Crippen molar-refractivity contribution in [1.82, 2.24) is 15.7 Å². The van der Waals surface area contributed by atoms with Gasteiger partial charge in [0.2, 0.25) is 5.91 Å². The number of fused-ring (bicyclic) bond motifs is 1. The van der Waals surface area contributed by atoms with Crippen LogP contribution in [0.15, 0.2) is 53.7 Å². The van der Waals surface area contributed by atoms with Crippen LogP contribution in [-0.4, -0.2) is 23.3 Å². The molecule has 0 spiro atoms. The standard InChI is InChI=1S/C18H20N6OS/c19-23-16(24-20)11-21-17(25)10-18-22-14-8-7-13(9-15(14)26-18)12-5-3-1-2-4-6-12/h1-3,5-9H,4,10-11,19-20H2,(H,21,25)(H,23,24). The highest BCUT2D eigenvalue weighted by Gasteiger charge is 2.11. The Balaban J connectivity index is 1.71. The summed E-state index contributed by atoms with van der Waals surface area (Å²) in [5.41, 5.74) is 5.55. The largest absolute Gasteiger partial charge is 0.348 e. The minimum Gasteiger partial charge on any atom is -0.348 e. The zero-order chi connectivity index (χ0) is 18.4. The van der Waals surface area contributed by atoms with Crippen LogP contribution in [0.3, 0.4) is 0 Å². The molecule has 1 aromatic carbocycles. The van der Waals surface area contributed by atoms with Crippen molar-refractivity contribution in [2.45, 2.75) is 12.8 Å². The smallest absolute Gasteiger partial charge is 0.227 e. The van der Waals surface area contributed by atoms with Crippen LogP contribution >= 0.6 is 11.3 Å². The molecule has 7 nitrogen and oxygen atoms in total. The van der Waals surface area contributed by atoms with Crippen LogP contribution in [0, 0.1) is 0 Å². The van der Waals surface area contributed by atoms with Gasteiger partial charge in [-0.3, -0.25) is 4.79 Å². The number of benzene rings is 1. The first-order chi connectivity index (χ1) is 12.7. The van der Waals surface area contributed by atoms with E-state index in [4.69, 9.17) is 11.7 Å². The highest BCUT2D eigenvalue weighted by Crippen LogP contribution is 2.27. The summed E-state index contributed by atoms with van der Waals surface area (Å²) in [6.07, 6.45) is 11.6. The molecular weight excluding hydrogens is 348 g/mol. The first-order valence-corrected chi connectivity index (χ1v) is 8.94. The number of hydrazone groups is 1. The number of hydrazine groups is 1. The van der Waals surface area contributed by atoms with Gasteiger partial charge in [0.15, 0.2) is 5.84 Å². The van der Waals surface area contributed by atoms with Gasteiger partial charge in [-0.2, -0.15) is 5.10 Å². The van der Waals surface area contributed by atoms with Crippen LogP contribution in [0.2, 0.25) is 0 Å². The molecular formula is C18H20N6OS. The van der Waals surface area contributed by atoms with E-state index in [1.54, 1.807) is 0 Å². The Hall–Kier alpha value is -2.97. The average Bonchev–Trinajstić information content (AvgIpc) is 2.85. The molecule has 1 aliphatic carbocycles. The van der Waals surface area contributed by atoms with E-state index in [1.165, 1.54) is 16.9 Å². The fourth-order valence-corrected chi connectivity index (χ4v) is 3.54. The molecule has 6 N–H and O–H groups in total. The SMILES string of the molecule is N/N=C(/CNC(=O)Cc1nc2ccc(C3=CCC=CC=C3)cc2s1)NN. The molecule has 0 atom stereocenters. The fourth-order valence-electron chi connectivity index (χ4n) is 2.54. The second-order valence-electron chi connectivity index (χ2n) is 5.65. The molecule has 134 valence electrons. The predicted molar refractivity (Wildman–Crippen MR) is 106 cm³/mol. The van der Waals surface area contributed by atoms with Crippen molar-refractivity contribution in [2.75, 3.05) is 6.54 Å². The number of hydrogen-bond donors (Lipinski definition) is 4. The number of nitrogens with two attached hydrogens (primary N) is 2. The molecule has 0 unspecified atom stereocenters. The molecule has 1 heterocycles. The number of carbonyl (C=O) groups excluding carboxylic acids is 1. The summed E-state index contributed by atoms with van der Waals surface area (Å²) in [5.74, 6) is 10.5. The Kier molecular flexibility index (Phi) is 5.77. The molecule has 0 bridgehead atoms. The van der Waals surface area contributed by atoms with Gasteiger partial charge in [-0.05, 0) is 29.7 Å². The third kappa shape index (κ3) is 4.35. The number of aromatic nitrogens is 1. The zero-order valence-electron chi connectivity index (χ0n) is 14.1. The first kappa shape index (κ1) is 17.8. The van der Waals surface area contributed by atoms with E-state index in [9.17, 15) is 4.79 Å². The number of nitrogens with one attached hydrogen (secondary N) is 2. The van der Waals surface area contributed by atoms with Gasteiger partial charge in [-0.25, -0.2) is 10.8 Å². The van der Waals surface area contributed by atoms with Gasteiger partial charge in [-0.15, -0.1) is 11.3 Å². The Morgan fingerprint density at radius 1 is 1.35 bits per heavy atom. The van der Waals surface area contributed by atoms with Crippen LogP contribution in [0.5, 0.6) is 0 Å². The van der Waals surface area contributed by atoms with E-state index < -0.39 is 0 Å². The molecule has 2 aromatic rings. The molecule has 0 saturated carbocycles. The number of rotatable bonds is 5. The summed E-state index contributed by atoms with van der Waals surface area (Å²) < 4.78 is 1.06. The number of amides is 1. The van der Waals surface area contributed by atoms with E-state index in [1.807, 2.05) is 18.2 Å². The van der Waals surface area contributed by atoms with E-state index in [-0.39, 0.29) is 18.9 Å². The van der Waals surface area contributed by atoms with Crippen molar-refractivity contribution in [1.29, 1.82) is 0 Å². The minimum absolute atomic E-state index is 0.148. The number of thiazole rings is 1. The molecule has 1 aliphatic rings. The lowest BCUT2D eigenvalue weighted by atomic mass is 10.0. The van der Waals surface area contributed by atoms with Gasteiger partial charge in [0, 0.05) is 0 Å². The van der Waals surface area contributed by atoms with Gasteiger partial charge in [-0.1, -0.05) is 36.4 Å². The molecule has 8 heteroatoms. The molecule has 3 rings (SSSR count). The van der Waals surface area contributed by atoms with Crippen LogP contribution in [0.1, 0.15) is 17.0 Å². The Bertz CT molecular complexity index is 925. The average molecular weight is 368 g/mol. The number of hydrogen-bond acceptors (Lipinski definition) is 6. The summed E-state index contributed by atoms with van der Waals surface area (Å²) >= 11 is 1.52. The monoisotopic (exact) mass is 368 g/mol. The first-order valence-electron chi connectivity index (χ1n) is 8.13. The highest BCUT2D eigenvalue weighted by atomic mass is 32.1. The lowest BCUT2D eigenvalue weighted by Gasteiger charge is -2.05. The van der Waals surface area contributed by atoms with Crippen molar-refractivity contribution in [3.8, 4) is 0 Å². The van der Waals surface area contributed by atoms with Crippen LogP contribution in [0.4, 0.5) is 0 Å². The van der Waals surface area contributed by atoms with E-state index >= 15 is 0 Å². The number of carbonyl (C=O) groups is 1. The summed E-state index contributed by atoms with van der Waals surface area (Å²) in [5, 5.41) is 6.87. The predicted octanol–water partition coefficient (Wildman–Crippen LogP) is 1.59. The van der Waals surface area contributed by atoms with Crippen LogP contribution in [-0.2, 0) is 11.2 Å². The summed E-state index contributed by atoms with van der Waals surface area (Å²) in [7, 11) is 0. The van der Waals surface area contributed by atoms with Gasteiger partial charge < -0.3 is 16.6 Å². The Labute approximate surface area is 155 Å². The van der Waals surface area contributed by atoms with Crippen molar-refractivity contribution in [3.63, 3.8) is 0 Å². The van der Waals surface area contributed by atoms with E-state index in [0.29, 0.717) is 5.84 Å². The van der Waals surface area contributed by atoms with Crippen LogP contribution < -0.4 is 22.4 Å². The molecule has 0 radical (unpaired) electrons. The minimum atomic E-state index is -0.166. The number of nitrogens with zero attached hydrogens (tertiary/aromatic N) is 2. The van der Waals surface area contributed by atoms with Crippen molar-refractivity contribution >= 4 is 38.9 Å². The maximum Gasteiger partial charge on any atom is 0.227 e. The summed E-state index contributed by atoms with van der Waals surface area (Å²) in [6, 6.07) is 6.17. The third-order valence-corrected chi connectivity index (χ3v) is 4.87. The topological polar surface area (TPSA) is 118 Å². The Morgan fingerprint density at radius 3 is 3.04 bits per heavy atom. The van der Waals surface area contributed by atoms with E-state index in [2.05, 4.69) is 51.2 Å². The van der Waals surface area contributed by atoms with Crippen LogP contribution in [0.25, 0.3) is 15.8 Å². The number of allylic oxidation sites excluding steroid dienone is 6. The number of amidine groups is 1. The second-order valence-corrected chi connectivity index (χ2v) is 6.76. The molecule has 0 saturated heterocycles. The van der Waals surface area contributed by atoms with Gasteiger partial charge in [0.25, 0.3) is 0 Å². The third-order valence-electron chi connectivity index (χ3n) is 3.85. The Morgan fingerprint density at radius 2 is 2.23 bits per heavy atom. The quantitative estimate of drug-likeness (QED) is 0.277. The van der Waals surface area contributed by atoms with E-state index in [0.717, 1.165) is 27.2 Å². The maximum atomic E-state index is 12.0. The normalized spacial score (nSPS) is 14.2. The van der Waals surface area contributed by atoms with Crippen molar-refractivity contribution < 1.29 is 4.79 Å². The fraction of sp³-hybridized carbons (Fsp3) is 0.167. The van der Waals surface area contributed by atoms with Crippen molar-refractivity contribution in [3.05, 3.63) is 59.2 Å². The molecule has 1 amide bonds. The molecule has 1 aromatic heterocycles. The molecule has 0 fully saturated rings. The molecule has 26 heavy (non-hydrogen) atoms. The lowest BCUT2D eigenvalue weighted by molar-refractivity contribution is -0.120. The van der Waals surface area contributed by atoms with Gasteiger partial charge >= 0.3 is 0 Å². The maximum absolute atomic E-state index is 12.0. The lowest BCUT2D eigenvalue weighted by Crippen LogP contribution is -2.41. The zero-order valence-corrected chi connectivity index (χ0v) is 14.9. The van der Waals surface area contributed by atoms with Gasteiger partial charge in [0.1, 0.15) is 5.01 Å². The summed E-state index contributed by atoms with van der Waals surface area (Å²) in [4.78, 5) is 16.6. The van der Waals surface area contributed by atoms with Gasteiger partial charge in [0.05, 0.1) is 23.2 Å². The van der Waals surface area contributed by atoms with Crippen molar-refractivity contribution in [2.24, 2.45) is 16.8 Å². The molecule has 0 aliphatic heterocycles. The summed E-state index contributed by atoms with van der Waals surface area (Å²) in [6.45, 7) is 0.148. The second kappa shape index (κ2) is 8.41. The highest BCUT2D eigenvalue weighted by molar-refractivity contribution is 7.18.